The molecule has 3 heterocycles. The van der Waals surface area contributed by atoms with E-state index in [9.17, 15) is 15.0 Å². The molecule has 150 valence electrons. The molecule has 0 bridgehead atoms. The second-order valence-corrected chi connectivity index (χ2v) is 7.03. The third-order valence-corrected chi connectivity index (χ3v) is 4.74. The summed E-state index contributed by atoms with van der Waals surface area (Å²) in [5.74, 6) is -1.46. The first kappa shape index (κ1) is 19.9. The highest BCUT2D eigenvalue weighted by atomic mass is 16.8. The zero-order chi connectivity index (χ0) is 19.2. The van der Waals surface area contributed by atoms with Crippen LogP contribution in [0.4, 0.5) is 0 Å². The lowest BCUT2D eigenvalue weighted by Crippen LogP contribution is -2.64. The number of carbonyl (C=O) groups excluding carboxylic acids is 1. The van der Waals surface area contributed by atoms with Gasteiger partial charge in [0.1, 0.15) is 36.6 Å². The van der Waals surface area contributed by atoms with Crippen molar-refractivity contribution in [1.29, 1.82) is 0 Å². The van der Waals surface area contributed by atoms with E-state index < -0.39 is 67.1 Å². The summed E-state index contributed by atoms with van der Waals surface area (Å²) in [6.45, 7) is 4.72. The third kappa shape index (κ3) is 3.48. The number of esters is 1. The number of aliphatic hydroxyl groups is 2. The smallest absolute Gasteiger partial charge is 0.303 e. The fourth-order valence-electron chi connectivity index (χ4n) is 3.69. The molecule has 0 unspecified atom stereocenters. The highest BCUT2D eigenvalue weighted by Crippen LogP contribution is 2.42. The van der Waals surface area contributed by atoms with Gasteiger partial charge in [0, 0.05) is 21.1 Å². The maximum Gasteiger partial charge on any atom is 0.303 e. The lowest BCUT2D eigenvalue weighted by molar-refractivity contribution is -0.320. The average molecular weight is 378 g/mol. The van der Waals surface area contributed by atoms with E-state index >= 15 is 0 Å². The molecule has 3 fully saturated rings. The molecule has 0 aromatic carbocycles. The number of rotatable bonds is 4. The van der Waals surface area contributed by atoms with E-state index in [1.165, 1.54) is 21.1 Å². The Bertz CT molecular complexity index is 525. The Morgan fingerprint density at radius 3 is 2.15 bits per heavy atom. The fourth-order valence-corrected chi connectivity index (χ4v) is 3.69. The number of hydrogen-bond acceptors (Lipinski definition) is 10. The van der Waals surface area contributed by atoms with Gasteiger partial charge < -0.3 is 43.4 Å². The van der Waals surface area contributed by atoms with Crippen molar-refractivity contribution < 1.29 is 48.2 Å². The highest BCUT2D eigenvalue weighted by molar-refractivity contribution is 5.66. The summed E-state index contributed by atoms with van der Waals surface area (Å²) < 4.78 is 39.0. The van der Waals surface area contributed by atoms with Crippen LogP contribution in [0, 0.1) is 0 Å². The molecule has 0 aliphatic carbocycles. The quantitative estimate of drug-likeness (QED) is 0.583. The molecular formula is C16H26O10. The molecule has 0 saturated carbocycles. The van der Waals surface area contributed by atoms with Crippen LogP contribution < -0.4 is 0 Å². The van der Waals surface area contributed by atoms with Crippen LogP contribution in [0.25, 0.3) is 0 Å². The van der Waals surface area contributed by atoms with Crippen LogP contribution in [0.5, 0.6) is 0 Å². The molecule has 10 heteroatoms. The third-order valence-electron chi connectivity index (χ3n) is 4.74. The van der Waals surface area contributed by atoms with Gasteiger partial charge in [0.05, 0.1) is 0 Å². The van der Waals surface area contributed by atoms with Crippen LogP contribution in [0.1, 0.15) is 20.8 Å². The fraction of sp³-hybridized carbons (Fsp3) is 0.938. The molecule has 0 aromatic rings. The number of methoxy groups -OCH3 is 2. The molecule has 0 spiro atoms. The molecule has 3 rings (SSSR count). The maximum absolute atomic E-state index is 11.5. The molecule has 0 radical (unpaired) electrons. The summed E-state index contributed by atoms with van der Waals surface area (Å²) in [5, 5.41) is 20.5. The van der Waals surface area contributed by atoms with Crippen LogP contribution in [0.15, 0.2) is 0 Å². The Hall–Kier alpha value is -0.850. The molecule has 3 saturated heterocycles. The normalized spacial score (nSPS) is 47.6. The lowest BCUT2D eigenvalue weighted by atomic mass is 9.92. The molecule has 2 N–H and O–H groups in total. The minimum atomic E-state index is -1.43. The predicted octanol–water partition coefficient (Wildman–Crippen LogP) is -1.10. The Morgan fingerprint density at radius 1 is 0.923 bits per heavy atom. The van der Waals surface area contributed by atoms with Crippen LogP contribution >= 0.6 is 0 Å². The maximum atomic E-state index is 11.5. The zero-order valence-electron chi connectivity index (χ0n) is 15.4. The first-order valence-corrected chi connectivity index (χ1v) is 8.44. The Labute approximate surface area is 151 Å². The van der Waals surface area contributed by atoms with Crippen molar-refractivity contribution in [1.82, 2.24) is 0 Å². The molecule has 3 aliphatic rings. The summed E-state index contributed by atoms with van der Waals surface area (Å²) in [7, 11) is 2.82. The van der Waals surface area contributed by atoms with Gasteiger partial charge in [0.25, 0.3) is 0 Å². The van der Waals surface area contributed by atoms with Gasteiger partial charge in [-0.1, -0.05) is 0 Å². The standard InChI is InChI=1S/C16H26O10/c1-6(17)22-9-7(18)8(19)14(21-5)23-11(9)12-10(20-4)13-15(24-12)26-16(2,3)25-13/h7-15,18-19H,1-5H3/t7-,8+,9+,10-,11-,12-,13+,14+,15+/m0/s1. The van der Waals surface area contributed by atoms with Gasteiger partial charge >= 0.3 is 5.97 Å². The van der Waals surface area contributed by atoms with E-state index in [2.05, 4.69) is 0 Å². The van der Waals surface area contributed by atoms with Crippen molar-refractivity contribution >= 4 is 5.97 Å². The first-order chi connectivity index (χ1) is 12.2. The van der Waals surface area contributed by atoms with Crippen molar-refractivity contribution in [3.05, 3.63) is 0 Å². The zero-order valence-corrected chi connectivity index (χ0v) is 15.4. The van der Waals surface area contributed by atoms with Crippen LogP contribution in [-0.4, -0.2) is 91.5 Å². The van der Waals surface area contributed by atoms with Gasteiger partial charge in [-0.3, -0.25) is 4.79 Å². The highest BCUT2D eigenvalue weighted by Gasteiger charge is 2.61. The van der Waals surface area contributed by atoms with Crippen LogP contribution in [0.2, 0.25) is 0 Å². The van der Waals surface area contributed by atoms with Gasteiger partial charge in [-0.2, -0.15) is 0 Å². The molecule has 10 nitrogen and oxygen atoms in total. The largest absolute Gasteiger partial charge is 0.457 e. The number of fused-ring (bicyclic) bond motifs is 1. The van der Waals surface area contributed by atoms with Crippen LogP contribution in [0.3, 0.4) is 0 Å². The van der Waals surface area contributed by atoms with E-state index in [0.717, 1.165) is 0 Å². The Morgan fingerprint density at radius 2 is 1.58 bits per heavy atom. The Kier molecular flexibility index (Phi) is 5.58. The molecule has 3 aliphatic heterocycles. The van der Waals surface area contributed by atoms with Gasteiger partial charge in [-0.05, 0) is 13.8 Å². The van der Waals surface area contributed by atoms with Crippen molar-refractivity contribution in [3.63, 3.8) is 0 Å². The van der Waals surface area contributed by atoms with Gasteiger partial charge in [-0.15, -0.1) is 0 Å². The van der Waals surface area contributed by atoms with Crippen molar-refractivity contribution in [2.24, 2.45) is 0 Å². The SMILES string of the molecule is CO[C@@H]1O[C@H]([C@H]2O[C@@H]3OC(C)(C)O[C@@H]3[C@H]2OC)[C@H](OC(C)=O)[C@@H](O)[C@H]1O. The first-order valence-electron chi connectivity index (χ1n) is 8.44. The van der Waals surface area contributed by atoms with Gasteiger partial charge in [0.15, 0.2) is 24.5 Å². The summed E-state index contributed by atoms with van der Waals surface area (Å²) in [4.78, 5) is 11.5. The lowest BCUT2D eigenvalue weighted by Gasteiger charge is -2.44. The molecule has 0 amide bonds. The van der Waals surface area contributed by atoms with E-state index in [4.69, 9.17) is 33.2 Å². The van der Waals surface area contributed by atoms with Gasteiger partial charge in [0.2, 0.25) is 0 Å². The second-order valence-electron chi connectivity index (χ2n) is 7.03. The summed E-state index contributed by atoms with van der Waals surface area (Å²) in [6.07, 6.45) is -8.70. The van der Waals surface area contributed by atoms with Crippen molar-refractivity contribution in [3.8, 4) is 0 Å². The summed E-state index contributed by atoms with van der Waals surface area (Å²) in [5.41, 5.74) is 0. The number of ether oxygens (including phenoxy) is 7. The van der Waals surface area contributed by atoms with Crippen LogP contribution in [-0.2, 0) is 38.0 Å². The topological polar surface area (TPSA) is 122 Å². The number of carbonyl (C=O) groups is 1. The van der Waals surface area contributed by atoms with E-state index in [0.29, 0.717) is 0 Å². The van der Waals surface area contributed by atoms with Crippen molar-refractivity contribution in [2.75, 3.05) is 14.2 Å². The Balaban J connectivity index is 1.85. The number of hydrogen-bond donors (Lipinski definition) is 2. The predicted molar refractivity (Wildman–Crippen MR) is 82.7 cm³/mol. The van der Waals surface area contributed by atoms with Crippen molar-refractivity contribution in [2.45, 2.75) is 81.9 Å². The summed E-state index contributed by atoms with van der Waals surface area (Å²) in [6, 6.07) is 0. The minimum Gasteiger partial charge on any atom is -0.457 e. The van der Waals surface area contributed by atoms with E-state index in [1.807, 2.05) is 0 Å². The molecule has 9 atom stereocenters. The molecule has 26 heavy (non-hydrogen) atoms. The van der Waals surface area contributed by atoms with E-state index in [1.54, 1.807) is 13.8 Å². The minimum absolute atomic E-state index is 0.522. The number of aliphatic hydroxyl groups excluding tert-OH is 2. The monoisotopic (exact) mass is 378 g/mol. The summed E-state index contributed by atoms with van der Waals surface area (Å²) >= 11 is 0. The van der Waals surface area contributed by atoms with Gasteiger partial charge in [-0.25, -0.2) is 0 Å². The average Bonchev–Trinajstić information content (AvgIpc) is 3.03. The van der Waals surface area contributed by atoms with E-state index in [-0.39, 0.29) is 0 Å². The molecular weight excluding hydrogens is 352 g/mol. The molecule has 0 aromatic heterocycles. The second kappa shape index (κ2) is 7.28.